The zero-order valence-corrected chi connectivity index (χ0v) is 7.82. The summed E-state index contributed by atoms with van der Waals surface area (Å²) in [6.07, 6.45) is -0.201. The van der Waals surface area contributed by atoms with E-state index >= 15 is 0 Å². The minimum absolute atomic E-state index is 0.0168. The molecule has 0 radical (unpaired) electrons. The van der Waals surface area contributed by atoms with E-state index in [2.05, 4.69) is 4.74 Å². The smallest absolute Gasteiger partial charge is 0.293 e. The molecule has 0 saturated carbocycles. The highest BCUT2D eigenvalue weighted by molar-refractivity contribution is 5.81. The van der Waals surface area contributed by atoms with Crippen LogP contribution in [0, 0.1) is 0 Å². The molecular weight excluding hydrogens is 176 g/mol. The number of hydrogen-bond acceptors (Lipinski definition) is 5. The summed E-state index contributed by atoms with van der Waals surface area (Å²) < 4.78 is 13.8. The van der Waals surface area contributed by atoms with Crippen molar-refractivity contribution in [3.63, 3.8) is 0 Å². The standard InChI is InChI=1S/C5H8O3.C3H6O2/c1-4-7-2-5(6)3-8-4;1-2-5-3-4/h4H,2-3H2,1H3;3H,2H2,1H3. The molecule has 0 aromatic heterocycles. The van der Waals surface area contributed by atoms with Gasteiger partial charge in [-0.25, -0.2) is 0 Å². The van der Waals surface area contributed by atoms with E-state index in [1.165, 1.54) is 0 Å². The lowest BCUT2D eigenvalue weighted by Crippen LogP contribution is -2.29. The second-order valence-electron chi connectivity index (χ2n) is 2.28. The largest absolute Gasteiger partial charge is 0.468 e. The first-order chi connectivity index (χ1) is 6.20. The van der Waals surface area contributed by atoms with E-state index in [-0.39, 0.29) is 25.3 Å². The Morgan fingerprint density at radius 2 is 2.08 bits per heavy atom. The van der Waals surface area contributed by atoms with Crippen LogP contribution in [0.3, 0.4) is 0 Å². The number of Topliss-reactive ketones (excluding diaryl/α,β-unsaturated/α-hetero) is 1. The molecule has 76 valence electrons. The number of ether oxygens (including phenoxy) is 3. The van der Waals surface area contributed by atoms with Crippen LogP contribution in [0.2, 0.25) is 0 Å². The molecule has 5 nitrogen and oxygen atoms in total. The van der Waals surface area contributed by atoms with Gasteiger partial charge in [0.1, 0.15) is 13.2 Å². The molecule has 0 aromatic rings. The predicted molar refractivity (Wildman–Crippen MR) is 44.1 cm³/mol. The number of carbonyl (C=O) groups excluding carboxylic acids is 2. The van der Waals surface area contributed by atoms with Gasteiger partial charge in [0.15, 0.2) is 12.1 Å². The minimum Gasteiger partial charge on any atom is -0.468 e. The van der Waals surface area contributed by atoms with Gasteiger partial charge in [-0.3, -0.25) is 9.59 Å². The fraction of sp³-hybridized carbons (Fsp3) is 0.750. The fourth-order valence-electron chi connectivity index (χ4n) is 0.578. The van der Waals surface area contributed by atoms with Crippen LogP contribution >= 0.6 is 0 Å². The first kappa shape index (κ1) is 12.1. The highest BCUT2D eigenvalue weighted by Gasteiger charge is 2.13. The predicted octanol–water partition coefficient (Wildman–Crippen LogP) is 0.128. The molecule has 0 amide bonds. The molecule has 0 bridgehead atoms. The molecule has 1 fully saturated rings. The van der Waals surface area contributed by atoms with Crippen LogP contribution in [0.1, 0.15) is 13.8 Å². The Morgan fingerprint density at radius 1 is 1.54 bits per heavy atom. The van der Waals surface area contributed by atoms with Crippen LogP contribution < -0.4 is 0 Å². The third-order valence-corrected chi connectivity index (χ3v) is 1.19. The number of rotatable bonds is 2. The number of ketones is 1. The topological polar surface area (TPSA) is 61.8 Å². The van der Waals surface area contributed by atoms with Crippen molar-refractivity contribution in [3.05, 3.63) is 0 Å². The maximum absolute atomic E-state index is 10.4. The lowest BCUT2D eigenvalue weighted by atomic mass is 10.4. The van der Waals surface area contributed by atoms with Gasteiger partial charge < -0.3 is 14.2 Å². The van der Waals surface area contributed by atoms with Crippen molar-refractivity contribution in [1.82, 2.24) is 0 Å². The maximum atomic E-state index is 10.4. The van der Waals surface area contributed by atoms with Crippen LogP contribution in [0.15, 0.2) is 0 Å². The van der Waals surface area contributed by atoms with Crippen molar-refractivity contribution in [2.24, 2.45) is 0 Å². The SMILES string of the molecule is CC1OCC(=O)CO1.CCOC=O. The lowest BCUT2D eigenvalue weighted by molar-refractivity contribution is -0.179. The third kappa shape index (κ3) is 7.42. The van der Waals surface area contributed by atoms with E-state index in [1.54, 1.807) is 13.8 Å². The van der Waals surface area contributed by atoms with Crippen molar-refractivity contribution in [3.8, 4) is 0 Å². The molecule has 0 unspecified atom stereocenters. The maximum Gasteiger partial charge on any atom is 0.293 e. The summed E-state index contributed by atoms with van der Waals surface area (Å²) in [4.78, 5) is 19.5. The van der Waals surface area contributed by atoms with Crippen molar-refractivity contribution in [1.29, 1.82) is 0 Å². The fourth-order valence-corrected chi connectivity index (χ4v) is 0.578. The Balaban J connectivity index is 0.000000252. The average molecular weight is 190 g/mol. The van der Waals surface area contributed by atoms with Crippen molar-refractivity contribution in [2.75, 3.05) is 19.8 Å². The van der Waals surface area contributed by atoms with Crippen LogP contribution in [-0.2, 0) is 23.8 Å². The molecule has 1 heterocycles. The molecule has 1 saturated heterocycles. The van der Waals surface area contributed by atoms with E-state index < -0.39 is 0 Å². The van der Waals surface area contributed by atoms with E-state index in [0.717, 1.165) is 0 Å². The Bertz CT molecular complexity index is 147. The van der Waals surface area contributed by atoms with E-state index in [0.29, 0.717) is 13.1 Å². The number of carbonyl (C=O) groups is 2. The molecule has 1 aliphatic heterocycles. The van der Waals surface area contributed by atoms with Crippen molar-refractivity contribution < 1.29 is 23.8 Å². The Labute approximate surface area is 77.0 Å². The zero-order valence-electron chi connectivity index (χ0n) is 7.82. The monoisotopic (exact) mass is 190 g/mol. The molecule has 5 heteroatoms. The summed E-state index contributed by atoms with van der Waals surface area (Å²) in [5.74, 6) is 0.0168. The van der Waals surface area contributed by atoms with E-state index in [1.807, 2.05) is 0 Å². The molecule has 0 atom stereocenters. The van der Waals surface area contributed by atoms with Crippen LogP contribution in [0.25, 0.3) is 0 Å². The summed E-state index contributed by atoms with van der Waals surface area (Å²) in [5, 5.41) is 0. The summed E-state index contributed by atoms with van der Waals surface area (Å²) in [6, 6.07) is 0. The molecule has 1 rings (SSSR count). The summed E-state index contributed by atoms with van der Waals surface area (Å²) in [5.41, 5.74) is 0. The minimum atomic E-state index is -0.201. The molecule has 0 aliphatic carbocycles. The highest BCUT2D eigenvalue weighted by Crippen LogP contribution is 1.99. The third-order valence-electron chi connectivity index (χ3n) is 1.19. The molecule has 0 spiro atoms. The number of hydrogen-bond donors (Lipinski definition) is 0. The second-order valence-corrected chi connectivity index (χ2v) is 2.28. The van der Waals surface area contributed by atoms with Crippen LogP contribution in [0.4, 0.5) is 0 Å². The van der Waals surface area contributed by atoms with Gasteiger partial charge in [-0.05, 0) is 13.8 Å². The van der Waals surface area contributed by atoms with E-state index in [9.17, 15) is 9.59 Å². The summed E-state index contributed by atoms with van der Waals surface area (Å²) in [6.45, 7) is 4.85. The molecule has 1 aliphatic rings. The van der Waals surface area contributed by atoms with Crippen LogP contribution in [0.5, 0.6) is 0 Å². The van der Waals surface area contributed by atoms with E-state index in [4.69, 9.17) is 9.47 Å². The zero-order chi connectivity index (χ0) is 10.1. The van der Waals surface area contributed by atoms with Gasteiger partial charge in [0.05, 0.1) is 6.61 Å². The van der Waals surface area contributed by atoms with Gasteiger partial charge in [0.25, 0.3) is 6.47 Å². The molecule has 0 N–H and O–H groups in total. The van der Waals surface area contributed by atoms with Crippen molar-refractivity contribution >= 4 is 12.3 Å². The Morgan fingerprint density at radius 3 is 2.31 bits per heavy atom. The Hall–Kier alpha value is -0.940. The quantitative estimate of drug-likeness (QED) is 0.579. The Kier molecular flexibility index (Phi) is 7.14. The second kappa shape index (κ2) is 7.70. The van der Waals surface area contributed by atoms with Gasteiger partial charge in [-0.2, -0.15) is 0 Å². The highest BCUT2D eigenvalue weighted by atomic mass is 16.7. The van der Waals surface area contributed by atoms with Gasteiger partial charge in [-0.15, -0.1) is 0 Å². The first-order valence-corrected chi connectivity index (χ1v) is 4.00. The van der Waals surface area contributed by atoms with Gasteiger partial charge >= 0.3 is 0 Å². The average Bonchev–Trinajstić information content (AvgIpc) is 2.13. The van der Waals surface area contributed by atoms with Gasteiger partial charge in [-0.1, -0.05) is 0 Å². The van der Waals surface area contributed by atoms with Crippen LogP contribution in [-0.4, -0.2) is 38.4 Å². The summed E-state index contributed by atoms with van der Waals surface area (Å²) >= 11 is 0. The molecule has 13 heavy (non-hydrogen) atoms. The van der Waals surface area contributed by atoms with Gasteiger partial charge in [0, 0.05) is 0 Å². The first-order valence-electron chi connectivity index (χ1n) is 4.00. The van der Waals surface area contributed by atoms with Crippen molar-refractivity contribution in [2.45, 2.75) is 20.1 Å². The van der Waals surface area contributed by atoms with Gasteiger partial charge in [0.2, 0.25) is 0 Å². The molecule has 0 aromatic carbocycles. The molecular formula is C8H14O5. The lowest BCUT2D eigenvalue weighted by Gasteiger charge is -2.17. The summed E-state index contributed by atoms with van der Waals surface area (Å²) in [7, 11) is 0. The normalized spacial score (nSPS) is 17.2.